The van der Waals surface area contributed by atoms with Crippen LogP contribution in [0.3, 0.4) is 0 Å². The highest BCUT2D eigenvalue weighted by Gasteiger charge is 2.14. The molecule has 0 aliphatic rings. The third kappa shape index (κ3) is 2.16. The Morgan fingerprint density at radius 2 is 1.85 bits per heavy atom. The van der Waals surface area contributed by atoms with E-state index in [1.54, 1.807) is 17.7 Å². The van der Waals surface area contributed by atoms with E-state index in [9.17, 15) is 0 Å². The predicted octanol–water partition coefficient (Wildman–Crippen LogP) is 4.72. The molecule has 0 atom stereocenters. The Kier molecular flexibility index (Phi) is 3.18. The van der Waals surface area contributed by atoms with E-state index in [1.807, 2.05) is 19.1 Å². The number of thiophene rings is 1. The van der Waals surface area contributed by atoms with Gasteiger partial charge in [0, 0.05) is 4.88 Å². The smallest absolute Gasteiger partial charge is 0.231 e. The summed E-state index contributed by atoms with van der Waals surface area (Å²) in [6.07, 6.45) is 1.57. The maximum atomic E-state index is 6.03. The number of benzene rings is 1. The van der Waals surface area contributed by atoms with E-state index in [4.69, 9.17) is 4.74 Å². The zero-order valence-electron chi connectivity index (χ0n) is 12.0. The van der Waals surface area contributed by atoms with Gasteiger partial charge in [-0.05, 0) is 44.9 Å². The Bertz CT molecular complexity index is 793. The van der Waals surface area contributed by atoms with Crippen LogP contribution in [-0.2, 0) is 0 Å². The Labute approximate surface area is 122 Å². The van der Waals surface area contributed by atoms with E-state index < -0.39 is 0 Å². The lowest BCUT2D eigenvalue weighted by Crippen LogP contribution is -1.93. The van der Waals surface area contributed by atoms with Crippen LogP contribution in [0.25, 0.3) is 10.2 Å². The van der Waals surface area contributed by atoms with Gasteiger partial charge in [-0.3, -0.25) is 0 Å². The van der Waals surface area contributed by atoms with Gasteiger partial charge in [0.1, 0.15) is 16.9 Å². The highest BCUT2D eigenvalue weighted by atomic mass is 32.1. The number of rotatable bonds is 2. The minimum Gasteiger partial charge on any atom is -0.438 e. The third-order valence-electron chi connectivity index (χ3n) is 3.47. The van der Waals surface area contributed by atoms with Crippen LogP contribution in [0.2, 0.25) is 0 Å². The van der Waals surface area contributed by atoms with Crippen LogP contribution in [0, 0.1) is 27.7 Å². The standard InChI is InChI=1S/C16H16N2OS/c1-9-5-6-13(10(2)7-9)19-15-14-11(3)12(4)20-16(14)18-8-17-15/h5-8H,1-4H3. The molecule has 0 aliphatic heterocycles. The van der Waals surface area contributed by atoms with E-state index in [0.29, 0.717) is 5.88 Å². The van der Waals surface area contributed by atoms with Crippen molar-refractivity contribution in [3.8, 4) is 11.6 Å². The first-order valence-electron chi connectivity index (χ1n) is 6.52. The normalized spacial score (nSPS) is 11.0. The van der Waals surface area contributed by atoms with Crippen molar-refractivity contribution in [2.75, 3.05) is 0 Å². The molecule has 0 saturated carbocycles. The van der Waals surface area contributed by atoms with Crippen LogP contribution in [0.1, 0.15) is 21.6 Å². The summed E-state index contributed by atoms with van der Waals surface area (Å²) in [5.41, 5.74) is 3.54. The van der Waals surface area contributed by atoms with Crippen LogP contribution < -0.4 is 4.74 Å². The topological polar surface area (TPSA) is 35.0 Å². The summed E-state index contributed by atoms with van der Waals surface area (Å²) < 4.78 is 6.03. The molecule has 0 N–H and O–H groups in total. The number of hydrogen-bond donors (Lipinski definition) is 0. The molecule has 0 spiro atoms. The molecule has 2 heterocycles. The minimum atomic E-state index is 0.642. The van der Waals surface area contributed by atoms with Gasteiger partial charge in [0.05, 0.1) is 5.39 Å². The Morgan fingerprint density at radius 3 is 2.60 bits per heavy atom. The van der Waals surface area contributed by atoms with Crippen molar-refractivity contribution in [3.05, 3.63) is 46.1 Å². The number of aromatic nitrogens is 2. The molecule has 0 saturated heterocycles. The number of hydrogen-bond acceptors (Lipinski definition) is 4. The number of nitrogens with zero attached hydrogens (tertiary/aromatic N) is 2. The molecule has 102 valence electrons. The van der Waals surface area contributed by atoms with E-state index in [2.05, 4.69) is 36.8 Å². The van der Waals surface area contributed by atoms with Gasteiger partial charge in [-0.2, -0.15) is 0 Å². The van der Waals surface area contributed by atoms with Crippen LogP contribution in [-0.4, -0.2) is 9.97 Å². The van der Waals surface area contributed by atoms with Gasteiger partial charge in [-0.15, -0.1) is 11.3 Å². The van der Waals surface area contributed by atoms with E-state index in [1.165, 1.54) is 16.0 Å². The molecule has 4 heteroatoms. The molecule has 3 rings (SSSR count). The highest BCUT2D eigenvalue weighted by Crippen LogP contribution is 2.36. The van der Waals surface area contributed by atoms with Crippen LogP contribution in [0.4, 0.5) is 0 Å². The molecule has 0 bridgehead atoms. The summed E-state index contributed by atoms with van der Waals surface area (Å²) in [6, 6.07) is 6.15. The second kappa shape index (κ2) is 4.87. The number of ether oxygens (including phenoxy) is 1. The van der Waals surface area contributed by atoms with Crippen molar-refractivity contribution < 1.29 is 4.74 Å². The minimum absolute atomic E-state index is 0.642. The number of fused-ring (bicyclic) bond motifs is 1. The summed E-state index contributed by atoms with van der Waals surface area (Å²) in [5.74, 6) is 1.49. The summed E-state index contributed by atoms with van der Waals surface area (Å²) >= 11 is 1.68. The first-order valence-corrected chi connectivity index (χ1v) is 7.33. The van der Waals surface area contributed by atoms with Crippen LogP contribution >= 0.6 is 11.3 Å². The van der Waals surface area contributed by atoms with Gasteiger partial charge in [0.15, 0.2) is 0 Å². The zero-order chi connectivity index (χ0) is 14.3. The molecule has 0 radical (unpaired) electrons. The average molecular weight is 284 g/mol. The summed E-state index contributed by atoms with van der Waals surface area (Å²) in [7, 11) is 0. The Morgan fingerprint density at radius 1 is 1.05 bits per heavy atom. The van der Waals surface area contributed by atoms with Gasteiger partial charge in [0.2, 0.25) is 5.88 Å². The lowest BCUT2D eigenvalue weighted by molar-refractivity contribution is 0.464. The SMILES string of the molecule is Cc1ccc(Oc2ncnc3sc(C)c(C)c23)c(C)c1. The Balaban J connectivity index is 2.11. The molecular weight excluding hydrogens is 268 g/mol. The highest BCUT2D eigenvalue weighted by molar-refractivity contribution is 7.18. The fourth-order valence-corrected chi connectivity index (χ4v) is 3.23. The molecule has 3 nitrogen and oxygen atoms in total. The molecular formula is C16H16N2OS. The quantitative estimate of drug-likeness (QED) is 0.683. The summed E-state index contributed by atoms with van der Waals surface area (Å²) in [5, 5.41) is 1.02. The van der Waals surface area contributed by atoms with Gasteiger partial charge in [0.25, 0.3) is 0 Å². The number of aryl methyl sites for hydroxylation is 4. The second-order valence-electron chi connectivity index (χ2n) is 5.01. The molecule has 20 heavy (non-hydrogen) atoms. The molecule has 0 fully saturated rings. The maximum Gasteiger partial charge on any atom is 0.231 e. The van der Waals surface area contributed by atoms with E-state index in [0.717, 1.165) is 21.5 Å². The fraction of sp³-hybridized carbons (Fsp3) is 0.250. The van der Waals surface area contributed by atoms with Crippen molar-refractivity contribution in [3.63, 3.8) is 0 Å². The van der Waals surface area contributed by atoms with Crippen molar-refractivity contribution >= 4 is 21.6 Å². The molecule has 0 amide bonds. The monoisotopic (exact) mass is 284 g/mol. The van der Waals surface area contributed by atoms with E-state index in [-0.39, 0.29) is 0 Å². The van der Waals surface area contributed by atoms with Gasteiger partial charge in [-0.25, -0.2) is 9.97 Å². The second-order valence-corrected chi connectivity index (χ2v) is 6.22. The van der Waals surface area contributed by atoms with Crippen molar-refractivity contribution in [2.24, 2.45) is 0 Å². The zero-order valence-corrected chi connectivity index (χ0v) is 12.8. The largest absolute Gasteiger partial charge is 0.438 e. The maximum absolute atomic E-state index is 6.03. The third-order valence-corrected chi connectivity index (χ3v) is 4.58. The molecule has 2 aromatic heterocycles. The van der Waals surface area contributed by atoms with Gasteiger partial charge >= 0.3 is 0 Å². The van der Waals surface area contributed by atoms with Crippen molar-refractivity contribution in [1.29, 1.82) is 0 Å². The average Bonchev–Trinajstić information content (AvgIpc) is 2.69. The first-order chi connectivity index (χ1) is 9.56. The lowest BCUT2D eigenvalue weighted by Gasteiger charge is -2.09. The van der Waals surface area contributed by atoms with Crippen LogP contribution in [0.15, 0.2) is 24.5 Å². The molecule has 1 aromatic carbocycles. The van der Waals surface area contributed by atoms with Crippen molar-refractivity contribution in [1.82, 2.24) is 9.97 Å². The van der Waals surface area contributed by atoms with Gasteiger partial charge < -0.3 is 4.74 Å². The summed E-state index contributed by atoms with van der Waals surface area (Å²) in [6.45, 7) is 8.31. The van der Waals surface area contributed by atoms with Crippen molar-refractivity contribution in [2.45, 2.75) is 27.7 Å². The predicted molar refractivity (Wildman–Crippen MR) is 82.9 cm³/mol. The molecule has 0 aliphatic carbocycles. The Hall–Kier alpha value is -1.94. The summed E-state index contributed by atoms with van der Waals surface area (Å²) in [4.78, 5) is 10.9. The van der Waals surface area contributed by atoms with Crippen LogP contribution in [0.5, 0.6) is 11.6 Å². The lowest BCUT2D eigenvalue weighted by atomic mass is 10.1. The first kappa shape index (κ1) is 13.1. The molecule has 0 unspecified atom stereocenters. The fourth-order valence-electron chi connectivity index (χ4n) is 2.25. The van der Waals surface area contributed by atoms with E-state index >= 15 is 0 Å². The molecule has 3 aromatic rings. The van der Waals surface area contributed by atoms with Gasteiger partial charge in [-0.1, -0.05) is 17.7 Å².